The molecule has 2 unspecified atom stereocenters. The average molecular weight is 252 g/mol. The summed E-state index contributed by atoms with van der Waals surface area (Å²) >= 11 is 0. The van der Waals surface area contributed by atoms with Crippen LogP contribution in [-0.2, 0) is 0 Å². The molecule has 0 bridgehead atoms. The Morgan fingerprint density at radius 1 is 1.00 bits per heavy atom. The van der Waals surface area contributed by atoms with E-state index in [4.69, 9.17) is 10.5 Å². The summed E-state index contributed by atoms with van der Waals surface area (Å²) in [5.74, 6) is 0. The van der Waals surface area contributed by atoms with E-state index < -0.39 is 0 Å². The largest absolute Gasteiger partial charge is 0.332 e. The molecule has 0 aromatic rings. The second-order valence-corrected chi connectivity index (χ2v) is 5.42. The number of likely N-dealkylation sites (N-methyl/N-ethyl adjacent to an activating group) is 2. The first-order valence-corrected chi connectivity index (χ1v) is 6.96. The van der Waals surface area contributed by atoms with E-state index in [1.807, 2.05) is 0 Å². The third kappa shape index (κ3) is 8.06. The zero-order chi connectivity index (χ0) is 13.9. The summed E-state index contributed by atoms with van der Waals surface area (Å²) in [5.41, 5.74) is 0. The lowest BCUT2D eigenvalue weighted by Gasteiger charge is -2.34. The van der Waals surface area contributed by atoms with Crippen LogP contribution >= 0.6 is 0 Å². The fraction of sp³-hybridized carbons (Fsp3) is 0.857. The molecule has 2 atom stereocenters. The van der Waals surface area contributed by atoms with Gasteiger partial charge in [0.1, 0.15) is 13.1 Å². The monoisotopic (exact) mass is 252 g/mol. The molecule has 0 amide bonds. The summed E-state index contributed by atoms with van der Waals surface area (Å²) in [6.45, 7) is 7.65. The van der Waals surface area contributed by atoms with E-state index in [2.05, 4.69) is 33.2 Å². The third-order valence-electron chi connectivity index (χ3n) is 3.49. The highest BCUT2D eigenvalue weighted by molar-refractivity contribution is 4.68. The van der Waals surface area contributed by atoms with Gasteiger partial charge in [0.2, 0.25) is 0 Å². The number of nitrogens with zero attached hydrogens (tertiary/aromatic N) is 3. The molecule has 0 aliphatic rings. The van der Waals surface area contributed by atoms with Gasteiger partial charge in [0.25, 0.3) is 0 Å². The molecule has 102 valence electrons. The highest BCUT2D eigenvalue weighted by Crippen LogP contribution is 2.06. The first-order valence-electron chi connectivity index (χ1n) is 6.96. The topological polar surface area (TPSA) is 52.0 Å². The van der Waals surface area contributed by atoms with Gasteiger partial charge in [-0.1, -0.05) is 6.92 Å². The molecular weight excluding hydrogens is 224 g/mol. The van der Waals surface area contributed by atoms with Crippen LogP contribution in [0.25, 0.3) is 0 Å². The number of nitriles is 2. The zero-order valence-corrected chi connectivity index (χ0v) is 12.2. The first-order chi connectivity index (χ1) is 8.58. The summed E-state index contributed by atoms with van der Waals surface area (Å²) in [6.07, 6.45) is 3.47. The van der Waals surface area contributed by atoms with Crippen LogP contribution in [0.3, 0.4) is 0 Å². The molecular formula is C14H28N4+2. The third-order valence-corrected chi connectivity index (χ3v) is 3.49. The zero-order valence-electron chi connectivity index (χ0n) is 12.2. The van der Waals surface area contributed by atoms with Gasteiger partial charge in [0.05, 0.1) is 52.3 Å². The van der Waals surface area contributed by atoms with Crippen molar-refractivity contribution in [2.24, 2.45) is 0 Å². The van der Waals surface area contributed by atoms with Crippen LogP contribution in [0.15, 0.2) is 0 Å². The van der Waals surface area contributed by atoms with Gasteiger partial charge >= 0.3 is 0 Å². The normalized spacial score (nSPS) is 15.4. The fourth-order valence-electron chi connectivity index (χ4n) is 2.27. The summed E-state index contributed by atoms with van der Waals surface area (Å²) < 4.78 is 1.06. The van der Waals surface area contributed by atoms with Crippen molar-refractivity contribution in [2.45, 2.75) is 32.6 Å². The molecule has 0 saturated heterocycles. The van der Waals surface area contributed by atoms with Gasteiger partial charge in [-0.2, -0.15) is 10.5 Å². The highest BCUT2D eigenvalue weighted by Gasteiger charge is 2.21. The van der Waals surface area contributed by atoms with Crippen molar-refractivity contribution in [1.82, 2.24) is 0 Å². The summed E-state index contributed by atoms with van der Waals surface area (Å²) in [5, 5.41) is 17.2. The summed E-state index contributed by atoms with van der Waals surface area (Å²) in [4.78, 5) is 1.43. The van der Waals surface area contributed by atoms with Gasteiger partial charge in [-0.25, -0.2) is 0 Å². The maximum atomic E-state index is 8.62. The molecule has 0 aliphatic heterocycles. The Bertz CT molecular complexity index is 289. The minimum Gasteiger partial charge on any atom is -0.332 e. The Kier molecular flexibility index (Phi) is 9.28. The highest BCUT2D eigenvalue weighted by atomic mass is 15.3. The van der Waals surface area contributed by atoms with E-state index >= 15 is 0 Å². The molecule has 0 heterocycles. The quantitative estimate of drug-likeness (QED) is 0.457. The van der Waals surface area contributed by atoms with Gasteiger partial charge in [-0.05, 0) is 6.42 Å². The molecule has 0 fully saturated rings. The van der Waals surface area contributed by atoms with E-state index in [-0.39, 0.29) is 0 Å². The molecule has 0 aromatic heterocycles. The molecule has 1 N–H and O–H groups in total. The second kappa shape index (κ2) is 9.88. The van der Waals surface area contributed by atoms with E-state index in [0.29, 0.717) is 12.8 Å². The Balaban J connectivity index is 4.08. The number of unbranched alkanes of at least 4 members (excludes halogenated alkanes) is 1. The maximum absolute atomic E-state index is 8.62. The first kappa shape index (κ1) is 16.9. The lowest BCUT2D eigenvalue weighted by atomic mass is 10.2. The molecule has 0 aliphatic carbocycles. The molecule has 0 spiro atoms. The van der Waals surface area contributed by atoms with E-state index in [0.717, 1.165) is 37.1 Å². The van der Waals surface area contributed by atoms with Gasteiger partial charge in [0.15, 0.2) is 0 Å². The summed E-state index contributed by atoms with van der Waals surface area (Å²) in [7, 11) is 4.45. The molecule has 0 rings (SSSR count). The van der Waals surface area contributed by atoms with Crippen LogP contribution in [0.4, 0.5) is 0 Å². The van der Waals surface area contributed by atoms with Gasteiger partial charge in [0, 0.05) is 12.8 Å². The van der Waals surface area contributed by atoms with Gasteiger partial charge < -0.3 is 9.38 Å². The Hall–Kier alpha value is -1.10. The predicted molar refractivity (Wildman–Crippen MR) is 72.8 cm³/mol. The van der Waals surface area contributed by atoms with Gasteiger partial charge in [-0.3, -0.25) is 0 Å². The van der Waals surface area contributed by atoms with Crippen LogP contribution in [-0.4, -0.2) is 51.3 Å². The number of rotatable bonds is 10. The van der Waals surface area contributed by atoms with Crippen molar-refractivity contribution < 1.29 is 9.38 Å². The van der Waals surface area contributed by atoms with Crippen molar-refractivity contribution in [3.63, 3.8) is 0 Å². The second-order valence-electron chi connectivity index (χ2n) is 5.42. The smallest absolute Gasteiger partial charge is 0.128 e. The van der Waals surface area contributed by atoms with E-state index in [9.17, 15) is 0 Å². The molecule has 0 radical (unpaired) electrons. The van der Waals surface area contributed by atoms with Crippen LogP contribution in [0.5, 0.6) is 0 Å². The van der Waals surface area contributed by atoms with Crippen molar-refractivity contribution >= 4 is 0 Å². The van der Waals surface area contributed by atoms with Gasteiger partial charge in [-0.15, -0.1) is 0 Å². The molecule has 0 saturated carbocycles. The van der Waals surface area contributed by atoms with E-state index in [1.54, 1.807) is 0 Å². The van der Waals surface area contributed by atoms with Crippen molar-refractivity contribution in [3.05, 3.63) is 0 Å². The number of nitrogens with one attached hydrogen (secondary N) is 1. The van der Waals surface area contributed by atoms with Crippen LogP contribution < -0.4 is 4.90 Å². The molecule has 4 nitrogen and oxygen atoms in total. The maximum Gasteiger partial charge on any atom is 0.128 e. The average Bonchev–Trinajstić information content (AvgIpc) is 2.35. The van der Waals surface area contributed by atoms with Crippen molar-refractivity contribution in [1.29, 1.82) is 10.5 Å². The molecule has 0 aromatic carbocycles. The SMILES string of the molecule is CCC[N+](C)(CCCC#N)CC[NH+](C)CCC#N. The minimum atomic E-state index is 0.637. The van der Waals surface area contributed by atoms with Crippen LogP contribution in [0.1, 0.15) is 32.6 Å². The Morgan fingerprint density at radius 2 is 1.67 bits per heavy atom. The van der Waals surface area contributed by atoms with E-state index in [1.165, 1.54) is 17.9 Å². The number of quaternary nitrogens is 2. The lowest BCUT2D eigenvalue weighted by molar-refractivity contribution is -0.952. The minimum absolute atomic E-state index is 0.637. The Morgan fingerprint density at radius 3 is 2.22 bits per heavy atom. The van der Waals surface area contributed by atoms with Crippen molar-refractivity contribution in [2.75, 3.05) is 46.8 Å². The fourth-order valence-corrected chi connectivity index (χ4v) is 2.27. The lowest BCUT2D eigenvalue weighted by Crippen LogP contribution is -3.10. The standard InChI is InChI=1S/C14H27N4/c1-4-12-18(3,13-6-5-8-15)14-11-17(2)10-7-9-16/h4-7,10-14H2,1-3H3/q+1/p+1. The molecule has 18 heavy (non-hydrogen) atoms. The van der Waals surface area contributed by atoms with Crippen LogP contribution in [0.2, 0.25) is 0 Å². The molecule has 4 heteroatoms. The number of hydrogen-bond donors (Lipinski definition) is 1. The number of hydrogen-bond acceptors (Lipinski definition) is 2. The van der Waals surface area contributed by atoms with Crippen LogP contribution in [0, 0.1) is 22.7 Å². The Labute approximate surface area is 112 Å². The van der Waals surface area contributed by atoms with Crippen molar-refractivity contribution in [3.8, 4) is 12.1 Å². The predicted octanol–water partition coefficient (Wildman–Crippen LogP) is 0.575. The summed E-state index contributed by atoms with van der Waals surface area (Å²) in [6, 6.07) is 4.42.